The van der Waals surface area contributed by atoms with E-state index in [9.17, 15) is 4.39 Å². The highest BCUT2D eigenvalue weighted by molar-refractivity contribution is 6.33. The van der Waals surface area contributed by atoms with E-state index in [0.717, 1.165) is 48.0 Å². The van der Waals surface area contributed by atoms with Crippen molar-refractivity contribution in [3.05, 3.63) is 82.2 Å². The lowest BCUT2D eigenvalue weighted by molar-refractivity contribution is 0.574. The molecule has 0 saturated heterocycles. The molecule has 1 aromatic carbocycles. The number of anilines is 2. The minimum Gasteiger partial charge on any atom is -0.344 e. The molecule has 6 rings (SSSR count). The summed E-state index contributed by atoms with van der Waals surface area (Å²) >= 11 is 12.8. The summed E-state index contributed by atoms with van der Waals surface area (Å²) in [7, 11) is 1.86. The molecule has 0 radical (unpaired) electrons. The van der Waals surface area contributed by atoms with Gasteiger partial charge in [0.05, 0.1) is 16.9 Å². The first-order chi connectivity index (χ1) is 17.5. The van der Waals surface area contributed by atoms with Crippen LogP contribution in [0.4, 0.5) is 16.0 Å². The largest absolute Gasteiger partial charge is 0.344 e. The van der Waals surface area contributed by atoms with Gasteiger partial charge in [0.15, 0.2) is 5.82 Å². The second-order valence-electron chi connectivity index (χ2n) is 8.64. The maximum absolute atomic E-state index is 14.4. The van der Waals surface area contributed by atoms with Crippen molar-refractivity contribution in [2.75, 3.05) is 5.32 Å². The summed E-state index contributed by atoms with van der Waals surface area (Å²) in [5.74, 6) is 2.55. The van der Waals surface area contributed by atoms with Crippen LogP contribution in [0.15, 0.2) is 55.0 Å². The average molecular weight is 523 g/mol. The van der Waals surface area contributed by atoms with Gasteiger partial charge in [-0.25, -0.2) is 9.37 Å². The Bertz CT molecular complexity index is 1560. The van der Waals surface area contributed by atoms with Crippen LogP contribution in [0.1, 0.15) is 17.8 Å². The van der Waals surface area contributed by atoms with Crippen LogP contribution < -0.4 is 5.32 Å². The second-order valence-corrected chi connectivity index (χ2v) is 9.46. The number of aryl methyl sites for hydroxylation is 2. The fourth-order valence-corrected chi connectivity index (χ4v) is 4.98. The molecular weight excluding hydrogens is 502 g/mol. The van der Waals surface area contributed by atoms with Gasteiger partial charge in [-0.05, 0) is 30.7 Å². The van der Waals surface area contributed by atoms with Crippen LogP contribution in [0.2, 0.25) is 10.0 Å². The average Bonchev–Trinajstić information content (AvgIpc) is 3.54. The molecule has 4 aromatic heterocycles. The van der Waals surface area contributed by atoms with Gasteiger partial charge in [-0.2, -0.15) is 5.10 Å². The first kappa shape index (κ1) is 22.8. The molecule has 8 nitrogen and oxygen atoms in total. The number of rotatable bonds is 5. The minimum atomic E-state index is -0.345. The van der Waals surface area contributed by atoms with Gasteiger partial charge in [0.25, 0.3) is 0 Å². The minimum absolute atomic E-state index is 0.269. The molecule has 0 saturated carbocycles. The molecule has 36 heavy (non-hydrogen) atoms. The van der Waals surface area contributed by atoms with Gasteiger partial charge in [-0.15, -0.1) is 10.2 Å². The third-order valence-corrected chi connectivity index (χ3v) is 7.03. The lowest BCUT2D eigenvalue weighted by Gasteiger charge is -2.09. The number of halogens is 3. The van der Waals surface area contributed by atoms with E-state index in [1.54, 1.807) is 29.2 Å². The molecule has 1 aliphatic heterocycles. The highest BCUT2D eigenvalue weighted by Crippen LogP contribution is 2.35. The summed E-state index contributed by atoms with van der Waals surface area (Å²) in [5, 5.41) is 17.3. The molecule has 0 atom stereocenters. The summed E-state index contributed by atoms with van der Waals surface area (Å²) in [6.45, 7) is 1.54. The van der Waals surface area contributed by atoms with Gasteiger partial charge in [0.2, 0.25) is 0 Å². The van der Waals surface area contributed by atoms with E-state index >= 15 is 0 Å². The normalized spacial score (nSPS) is 12.8. The molecule has 5 heterocycles. The predicted molar refractivity (Wildman–Crippen MR) is 137 cm³/mol. The second kappa shape index (κ2) is 9.07. The van der Waals surface area contributed by atoms with Gasteiger partial charge >= 0.3 is 0 Å². The Hall–Kier alpha value is -3.69. The van der Waals surface area contributed by atoms with Gasteiger partial charge < -0.3 is 14.5 Å². The van der Waals surface area contributed by atoms with E-state index in [0.29, 0.717) is 27.3 Å². The molecule has 0 bridgehead atoms. The van der Waals surface area contributed by atoms with Gasteiger partial charge in [-0.3, -0.25) is 4.68 Å². The Morgan fingerprint density at radius 3 is 2.78 bits per heavy atom. The van der Waals surface area contributed by atoms with Gasteiger partial charge in [0.1, 0.15) is 23.3 Å². The first-order valence-corrected chi connectivity index (χ1v) is 12.2. The first-order valence-electron chi connectivity index (χ1n) is 11.4. The lowest BCUT2D eigenvalue weighted by Crippen LogP contribution is -2.06. The summed E-state index contributed by atoms with van der Waals surface area (Å²) in [6, 6.07) is 10.5. The topological polar surface area (TPSA) is 78.4 Å². The molecule has 0 unspecified atom stereocenters. The van der Waals surface area contributed by atoms with Crippen LogP contribution in [-0.2, 0) is 26.6 Å². The molecule has 11 heteroatoms. The van der Waals surface area contributed by atoms with Gasteiger partial charge in [0, 0.05) is 66.7 Å². The molecule has 1 aliphatic rings. The highest BCUT2D eigenvalue weighted by atomic mass is 35.5. The zero-order valence-electron chi connectivity index (χ0n) is 19.3. The maximum atomic E-state index is 14.4. The zero-order valence-corrected chi connectivity index (χ0v) is 20.8. The van der Waals surface area contributed by atoms with Crippen molar-refractivity contribution in [1.29, 1.82) is 0 Å². The quantitative estimate of drug-likeness (QED) is 0.319. The summed E-state index contributed by atoms with van der Waals surface area (Å²) in [6.07, 6.45) is 6.57. The zero-order chi connectivity index (χ0) is 24.8. The van der Waals surface area contributed by atoms with Gasteiger partial charge in [-0.1, -0.05) is 29.3 Å². The van der Waals surface area contributed by atoms with E-state index in [1.165, 1.54) is 6.07 Å². The number of benzene rings is 1. The van der Waals surface area contributed by atoms with Crippen molar-refractivity contribution >= 4 is 34.8 Å². The lowest BCUT2D eigenvalue weighted by atomic mass is 10.1. The predicted octanol–water partition coefficient (Wildman–Crippen LogP) is 5.73. The van der Waals surface area contributed by atoms with Crippen LogP contribution >= 0.6 is 23.2 Å². The van der Waals surface area contributed by atoms with Crippen LogP contribution in [0.25, 0.3) is 22.6 Å². The number of pyridine rings is 1. The standard InChI is InChI=1S/C25H21Cl2FN8/c1-34-23(6-7-30-34)31-22-11-16(19(27)13-29-22)15-10-21-25-33-32-24(36(25)9-3-8-35(21)14-15)12-17-18(26)4-2-5-20(17)28/h2,4-7,10-11,13-14H,3,8-9,12H2,1H3,(H,29,31). The number of nitrogens with zero attached hydrogens (tertiary/aromatic N) is 7. The molecular formula is C25H21Cl2FN8. The van der Waals surface area contributed by atoms with E-state index in [2.05, 4.69) is 47.0 Å². The van der Waals surface area contributed by atoms with Crippen LogP contribution in [0.3, 0.4) is 0 Å². The summed E-state index contributed by atoms with van der Waals surface area (Å²) < 4.78 is 20.4. The Kier molecular flexibility index (Phi) is 5.73. The molecule has 1 N–H and O–H groups in total. The van der Waals surface area contributed by atoms with Crippen molar-refractivity contribution in [3.8, 4) is 22.6 Å². The fraction of sp³-hybridized carbons (Fsp3) is 0.200. The van der Waals surface area contributed by atoms with Crippen molar-refractivity contribution in [3.63, 3.8) is 0 Å². The fourth-order valence-electron chi connectivity index (χ4n) is 4.54. The monoisotopic (exact) mass is 522 g/mol. The van der Waals surface area contributed by atoms with Crippen molar-refractivity contribution in [2.45, 2.75) is 25.9 Å². The Morgan fingerprint density at radius 1 is 1.08 bits per heavy atom. The van der Waals surface area contributed by atoms with E-state index in [-0.39, 0.29) is 12.2 Å². The van der Waals surface area contributed by atoms with Crippen molar-refractivity contribution in [1.82, 2.24) is 34.1 Å². The van der Waals surface area contributed by atoms with E-state index in [4.69, 9.17) is 23.2 Å². The highest BCUT2D eigenvalue weighted by Gasteiger charge is 2.23. The van der Waals surface area contributed by atoms with E-state index in [1.807, 2.05) is 19.2 Å². The Balaban J connectivity index is 1.36. The molecule has 0 aliphatic carbocycles. The van der Waals surface area contributed by atoms with Crippen molar-refractivity contribution in [2.24, 2.45) is 7.05 Å². The molecule has 182 valence electrons. The third kappa shape index (κ3) is 4.04. The Morgan fingerprint density at radius 2 is 1.97 bits per heavy atom. The number of nitrogens with one attached hydrogen (secondary N) is 1. The van der Waals surface area contributed by atoms with Crippen LogP contribution in [0.5, 0.6) is 0 Å². The molecule has 0 fully saturated rings. The number of fused-ring (bicyclic) bond motifs is 3. The third-order valence-electron chi connectivity index (χ3n) is 6.37. The maximum Gasteiger partial charge on any atom is 0.180 e. The van der Waals surface area contributed by atoms with E-state index < -0.39 is 0 Å². The summed E-state index contributed by atoms with van der Waals surface area (Å²) in [4.78, 5) is 4.41. The molecule has 5 aromatic rings. The smallest absolute Gasteiger partial charge is 0.180 e. The van der Waals surface area contributed by atoms with Crippen molar-refractivity contribution < 1.29 is 4.39 Å². The molecule has 0 spiro atoms. The summed E-state index contributed by atoms with van der Waals surface area (Å²) in [5.41, 5.74) is 3.14. The van der Waals surface area contributed by atoms with Crippen LogP contribution in [0, 0.1) is 5.82 Å². The number of hydrogen-bond donors (Lipinski definition) is 1. The number of hydrogen-bond acceptors (Lipinski definition) is 5. The van der Waals surface area contributed by atoms with Crippen LogP contribution in [-0.4, -0.2) is 34.1 Å². The Labute approximate surface area is 216 Å². The SMILES string of the molecule is Cn1nccc1Nc1cc(-c2cc3n(c2)CCCn2c(Cc4c(F)cccc4Cl)nnc2-3)c(Cl)cn1. The number of aromatic nitrogens is 7. The molecule has 0 amide bonds.